The molecule has 0 spiro atoms. The number of aryl methyl sites for hydroxylation is 2. The molecule has 1 atom stereocenters. The van der Waals surface area contributed by atoms with Crippen LogP contribution in [0.15, 0.2) is 34.8 Å². The molecule has 1 unspecified atom stereocenters. The van der Waals surface area contributed by atoms with Gasteiger partial charge in [-0.15, -0.1) is 0 Å². The van der Waals surface area contributed by atoms with Crippen molar-refractivity contribution in [3.63, 3.8) is 0 Å². The number of carbonyl (C=O) groups excluding carboxylic acids is 2. The lowest BCUT2D eigenvalue weighted by atomic mass is 10.1. The summed E-state index contributed by atoms with van der Waals surface area (Å²) in [7, 11) is 1.78. The SMILES string of the molecule is CCOC(=O)CN(C(=O)c1cc(C)n(C)n1)C(C)c1cccc(Br)c1. The van der Waals surface area contributed by atoms with Crippen LogP contribution in [0.1, 0.15) is 41.6 Å². The summed E-state index contributed by atoms with van der Waals surface area (Å²) in [6.45, 7) is 5.64. The number of ether oxygens (including phenoxy) is 1. The van der Waals surface area contributed by atoms with E-state index in [1.165, 1.54) is 4.90 Å². The van der Waals surface area contributed by atoms with Crippen molar-refractivity contribution in [2.75, 3.05) is 13.2 Å². The van der Waals surface area contributed by atoms with Gasteiger partial charge in [-0.3, -0.25) is 14.3 Å². The van der Waals surface area contributed by atoms with Gasteiger partial charge in [0.15, 0.2) is 5.69 Å². The first-order chi connectivity index (χ1) is 11.8. The van der Waals surface area contributed by atoms with Gasteiger partial charge in [0, 0.05) is 17.2 Å². The molecule has 0 aliphatic heterocycles. The number of amides is 1. The van der Waals surface area contributed by atoms with Crippen molar-refractivity contribution < 1.29 is 14.3 Å². The predicted molar refractivity (Wildman–Crippen MR) is 98.2 cm³/mol. The number of hydrogen-bond acceptors (Lipinski definition) is 4. The van der Waals surface area contributed by atoms with Crippen LogP contribution in [-0.4, -0.2) is 39.7 Å². The minimum absolute atomic E-state index is 0.129. The van der Waals surface area contributed by atoms with E-state index in [0.717, 1.165) is 15.7 Å². The average molecular weight is 408 g/mol. The van der Waals surface area contributed by atoms with Gasteiger partial charge in [0.1, 0.15) is 6.54 Å². The van der Waals surface area contributed by atoms with Crippen LogP contribution in [0, 0.1) is 6.92 Å². The summed E-state index contributed by atoms with van der Waals surface area (Å²) < 4.78 is 7.58. The van der Waals surface area contributed by atoms with Gasteiger partial charge in [-0.2, -0.15) is 5.10 Å². The van der Waals surface area contributed by atoms with Gasteiger partial charge < -0.3 is 9.64 Å². The Morgan fingerprint density at radius 2 is 2.08 bits per heavy atom. The van der Waals surface area contributed by atoms with Crippen LogP contribution >= 0.6 is 15.9 Å². The maximum absolute atomic E-state index is 13.0. The molecule has 0 radical (unpaired) electrons. The number of aromatic nitrogens is 2. The first-order valence-electron chi connectivity index (χ1n) is 8.06. The van der Waals surface area contributed by atoms with Crippen molar-refractivity contribution >= 4 is 27.8 Å². The van der Waals surface area contributed by atoms with E-state index in [-0.39, 0.29) is 25.1 Å². The van der Waals surface area contributed by atoms with Gasteiger partial charge in [-0.25, -0.2) is 0 Å². The maximum atomic E-state index is 13.0. The summed E-state index contributed by atoms with van der Waals surface area (Å²) >= 11 is 3.44. The smallest absolute Gasteiger partial charge is 0.325 e. The monoisotopic (exact) mass is 407 g/mol. The Morgan fingerprint density at radius 3 is 2.64 bits per heavy atom. The molecular weight excluding hydrogens is 386 g/mol. The topological polar surface area (TPSA) is 64.4 Å². The molecule has 1 amide bonds. The molecular formula is C18H22BrN3O3. The molecule has 0 aliphatic carbocycles. The first kappa shape index (κ1) is 19.2. The summed E-state index contributed by atoms with van der Waals surface area (Å²) in [4.78, 5) is 26.5. The van der Waals surface area contributed by atoms with E-state index >= 15 is 0 Å². The molecule has 2 rings (SSSR count). The number of halogens is 1. The van der Waals surface area contributed by atoms with E-state index in [1.54, 1.807) is 24.7 Å². The summed E-state index contributed by atoms with van der Waals surface area (Å²) in [6, 6.07) is 9.07. The Balaban J connectivity index is 2.34. The molecule has 6 nitrogen and oxygen atoms in total. The molecule has 0 bridgehead atoms. The number of benzene rings is 1. The molecule has 0 saturated heterocycles. The number of esters is 1. The van der Waals surface area contributed by atoms with E-state index in [1.807, 2.05) is 38.1 Å². The Kier molecular flexibility index (Phi) is 6.36. The van der Waals surface area contributed by atoms with Crippen LogP contribution < -0.4 is 0 Å². The van der Waals surface area contributed by atoms with Gasteiger partial charge in [-0.1, -0.05) is 28.1 Å². The van der Waals surface area contributed by atoms with Crippen molar-refractivity contribution in [3.8, 4) is 0 Å². The third-order valence-corrected chi connectivity index (χ3v) is 4.49. The molecule has 0 saturated carbocycles. The molecule has 7 heteroatoms. The molecule has 25 heavy (non-hydrogen) atoms. The summed E-state index contributed by atoms with van der Waals surface area (Å²) in [5.74, 6) is -0.741. The van der Waals surface area contributed by atoms with Gasteiger partial charge >= 0.3 is 5.97 Å². The number of carbonyl (C=O) groups is 2. The van der Waals surface area contributed by atoms with E-state index in [2.05, 4.69) is 21.0 Å². The van der Waals surface area contributed by atoms with E-state index in [4.69, 9.17) is 4.74 Å². The predicted octanol–water partition coefficient (Wildman–Crippen LogP) is 3.26. The number of rotatable bonds is 6. The first-order valence-corrected chi connectivity index (χ1v) is 8.85. The van der Waals surface area contributed by atoms with Crippen LogP contribution in [0.4, 0.5) is 0 Å². The van der Waals surface area contributed by atoms with Crippen LogP contribution in [0.5, 0.6) is 0 Å². The fourth-order valence-electron chi connectivity index (χ4n) is 2.49. The zero-order valence-electron chi connectivity index (χ0n) is 14.8. The summed E-state index contributed by atoms with van der Waals surface area (Å²) in [5.41, 5.74) is 2.10. The molecule has 1 heterocycles. The lowest BCUT2D eigenvalue weighted by Gasteiger charge is -2.28. The van der Waals surface area contributed by atoms with Gasteiger partial charge in [0.2, 0.25) is 0 Å². The average Bonchev–Trinajstić information content (AvgIpc) is 2.91. The minimum atomic E-state index is -0.439. The maximum Gasteiger partial charge on any atom is 0.325 e. The van der Waals surface area contributed by atoms with Crippen molar-refractivity contribution in [1.82, 2.24) is 14.7 Å². The fourth-order valence-corrected chi connectivity index (χ4v) is 2.91. The highest BCUT2D eigenvalue weighted by molar-refractivity contribution is 9.10. The normalized spacial score (nSPS) is 11.9. The van der Waals surface area contributed by atoms with Gasteiger partial charge in [-0.05, 0) is 44.5 Å². The summed E-state index contributed by atoms with van der Waals surface area (Å²) in [5, 5.41) is 4.24. The highest BCUT2D eigenvalue weighted by atomic mass is 79.9. The Bertz CT molecular complexity index is 753. The molecule has 1 aromatic carbocycles. The van der Waals surface area contributed by atoms with Crippen LogP contribution in [-0.2, 0) is 16.6 Å². The van der Waals surface area contributed by atoms with Crippen LogP contribution in [0.25, 0.3) is 0 Å². The Morgan fingerprint density at radius 1 is 1.36 bits per heavy atom. The zero-order valence-corrected chi connectivity index (χ0v) is 16.4. The molecule has 1 aromatic heterocycles. The second-order valence-electron chi connectivity index (χ2n) is 5.76. The highest BCUT2D eigenvalue weighted by Crippen LogP contribution is 2.25. The van der Waals surface area contributed by atoms with Gasteiger partial charge in [0.25, 0.3) is 5.91 Å². The third-order valence-electron chi connectivity index (χ3n) is 4.00. The van der Waals surface area contributed by atoms with E-state index < -0.39 is 5.97 Å². The zero-order chi connectivity index (χ0) is 18.6. The van der Waals surface area contributed by atoms with Crippen LogP contribution in [0.2, 0.25) is 0 Å². The quantitative estimate of drug-likeness (QED) is 0.689. The standard InChI is InChI=1S/C18H22BrN3O3/c1-5-25-17(23)11-22(13(3)14-7-6-8-15(19)10-14)18(24)16-9-12(2)21(4)20-16/h6-10,13H,5,11H2,1-4H3. The van der Waals surface area contributed by atoms with E-state index in [0.29, 0.717) is 5.69 Å². The van der Waals surface area contributed by atoms with Crippen molar-refractivity contribution in [3.05, 3.63) is 51.8 Å². The molecule has 0 fully saturated rings. The fraction of sp³-hybridized carbons (Fsp3) is 0.389. The largest absolute Gasteiger partial charge is 0.465 e. The minimum Gasteiger partial charge on any atom is -0.465 e. The lowest BCUT2D eigenvalue weighted by Crippen LogP contribution is -2.38. The number of nitrogens with zero attached hydrogens (tertiary/aromatic N) is 3. The second kappa shape index (κ2) is 8.29. The van der Waals surface area contributed by atoms with Crippen molar-refractivity contribution in [2.24, 2.45) is 7.05 Å². The number of hydrogen-bond donors (Lipinski definition) is 0. The lowest BCUT2D eigenvalue weighted by molar-refractivity contribution is -0.144. The molecule has 0 N–H and O–H groups in total. The van der Waals surface area contributed by atoms with Crippen molar-refractivity contribution in [2.45, 2.75) is 26.8 Å². The third kappa shape index (κ3) is 4.69. The highest BCUT2D eigenvalue weighted by Gasteiger charge is 2.27. The molecule has 134 valence electrons. The van der Waals surface area contributed by atoms with Crippen LogP contribution in [0.3, 0.4) is 0 Å². The van der Waals surface area contributed by atoms with Gasteiger partial charge in [0.05, 0.1) is 12.6 Å². The Labute approximate surface area is 155 Å². The molecule has 2 aromatic rings. The molecule has 0 aliphatic rings. The summed E-state index contributed by atoms with van der Waals surface area (Å²) in [6.07, 6.45) is 0. The van der Waals surface area contributed by atoms with Crippen molar-refractivity contribution in [1.29, 1.82) is 0 Å². The second-order valence-corrected chi connectivity index (χ2v) is 6.68. The Hall–Kier alpha value is -2.15. The van der Waals surface area contributed by atoms with E-state index in [9.17, 15) is 9.59 Å².